The number of rotatable bonds is 8. The Bertz CT molecular complexity index is 819. The van der Waals surface area contributed by atoms with Crippen LogP contribution in [0.4, 0.5) is 4.79 Å². The van der Waals surface area contributed by atoms with E-state index in [2.05, 4.69) is 10.5 Å². The van der Waals surface area contributed by atoms with E-state index in [0.717, 1.165) is 0 Å². The predicted octanol–water partition coefficient (Wildman–Crippen LogP) is 2.71. The van der Waals surface area contributed by atoms with Crippen molar-refractivity contribution in [3.8, 4) is 17.2 Å². The number of esters is 1. The Morgan fingerprint density at radius 1 is 1.04 bits per heavy atom. The summed E-state index contributed by atoms with van der Waals surface area (Å²) in [5.41, 5.74) is 8.06. The summed E-state index contributed by atoms with van der Waals surface area (Å²) in [7, 11) is 0. The fraction of sp³-hybridized carbons (Fsp3) is 0.211. The summed E-state index contributed by atoms with van der Waals surface area (Å²) in [4.78, 5) is 23.0. The average molecular weight is 371 g/mol. The molecule has 0 saturated heterocycles. The van der Waals surface area contributed by atoms with E-state index in [1.807, 2.05) is 13.8 Å². The average Bonchev–Trinajstić information content (AvgIpc) is 2.64. The summed E-state index contributed by atoms with van der Waals surface area (Å²) in [5, 5.41) is 3.68. The first-order valence-electron chi connectivity index (χ1n) is 8.33. The molecule has 0 aromatic heterocycles. The Balaban J connectivity index is 2.14. The zero-order valence-electron chi connectivity index (χ0n) is 15.1. The first kappa shape index (κ1) is 19.8. The number of urea groups is 1. The highest BCUT2D eigenvalue weighted by Crippen LogP contribution is 2.29. The van der Waals surface area contributed by atoms with Crippen LogP contribution in [-0.2, 0) is 0 Å². The van der Waals surface area contributed by atoms with Crippen molar-refractivity contribution in [2.24, 2.45) is 10.8 Å². The first-order chi connectivity index (χ1) is 13.0. The molecule has 0 spiro atoms. The molecule has 0 bridgehead atoms. The number of nitrogens with zero attached hydrogens (tertiary/aromatic N) is 1. The van der Waals surface area contributed by atoms with E-state index in [1.54, 1.807) is 42.5 Å². The standard InChI is InChI=1S/C19H21N3O5/c1-3-25-15-8-6-14(7-9-15)18(23)27-16-10-5-13(11-17(16)26-4-2)12-21-22-19(20)24/h5-12H,3-4H2,1-2H3,(H3,20,22,24)/b21-12-. The van der Waals surface area contributed by atoms with E-state index in [9.17, 15) is 9.59 Å². The lowest BCUT2D eigenvalue weighted by molar-refractivity contribution is 0.0728. The Hall–Kier alpha value is -3.55. The van der Waals surface area contributed by atoms with Crippen LogP contribution in [0, 0.1) is 0 Å². The van der Waals surface area contributed by atoms with Crippen LogP contribution < -0.4 is 25.4 Å². The Kier molecular flexibility index (Phi) is 7.18. The molecular formula is C19H21N3O5. The topological polar surface area (TPSA) is 112 Å². The number of carbonyl (C=O) groups is 2. The molecule has 2 amide bonds. The van der Waals surface area contributed by atoms with Gasteiger partial charge in [0.15, 0.2) is 11.5 Å². The van der Waals surface area contributed by atoms with Gasteiger partial charge in [0.25, 0.3) is 0 Å². The van der Waals surface area contributed by atoms with Gasteiger partial charge in [-0.25, -0.2) is 15.0 Å². The van der Waals surface area contributed by atoms with Crippen LogP contribution >= 0.6 is 0 Å². The van der Waals surface area contributed by atoms with Crippen molar-refractivity contribution in [2.45, 2.75) is 13.8 Å². The molecule has 0 aliphatic carbocycles. The third-order valence-corrected chi connectivity index (χ3v) is 3.26. The largest absolute Gasteiger partial charge is 0.494 e. The molecule has 0 atom stereocenters. The number of hydrazone groups is 1. The monoisotopic (exact) mass is 371 g/mol. The van der Waals surface area contributed by atoms with Crippen LogP contribution in [0.5, 0.6) is 17.2 Å². The van der Waals surface area contributed by atoms with E-state index in [1.165, 1.54) is 6.21 Å². The number of hydrogen-bond donors (Lipinski definition) is 2. The fourth-order valence-corrected chi connectivity index (χ4v) is 2.14. The Morgan fingerprint density at radius 2 is 1.74 bits per heavy atom. The Morgan fingerprint density at radius 3 is 2.37 bits per heavy atom. The van der Waals surface area contributed by atoms with Gasteiger partial charge in [-0.05, 0) is 61.9 Å². The molecule has 2 aromatic rings. The normalized spacial score (nSPS) is 10.4. The minimum absolute atomic E-state index is 0.274. The van der Waals surface area contributed by atoms with Gasteiger partial charge in [-0.1, -0.05) is 0 Å². The van der Waals surface area contributed by atoms with Gasteiger partial charge in [0, 0.05) is 0 Å². The Labute approximate surface area is 156 Å². The second-order valence-corrected chi connectivity index (χ2v) is 5.22. The van der Waals surface area contributed by atoms with E-state index in [4.69, 9.17) is 19.9 Å². The summed E-state index contributed by atoms with van der Waals surface area (Å²) in [6, 6.07) is 10.8. The fourth-order valence-electron chi connectivity index (χ4n) is 2.14. The van der Waals surface area contributed by atoms with E-state index in [-0.39, 0.29) is 5.75 Å². The number of nitrogens with two attached hydrogens (primary N) is 1. The van der Waals surface area contributed by atoms with E-state index >= 15 is 0 Å². The molecule has 8 nitrogen and oxygen atoms in total. The highest BCUT2D eigenvalue weighted by atomic mass is 16.6. The molecule has 0 heterocycles. The van der Waals surface area contributed by atoms with Crippen molar-refractivity contribution in [1.82, 2.24) is 5.43 Å². The highest BCUT2D eigenvalue weighted by Gasteiger charge is 2.13. The van der Waals surface area contributed by atoms with Gasteiger partial charge in [-0.15, -0.1) is 0 Å². The molecule has 8 heteroatoms. The number of nitrogens with one attached hydrogen (secondary N) is 1. The van der Waals surface area contributed by atoms with Gasteiger partial charge in [0.1, 0.15) is 5.75 Å². The zero-order valence-corrected chi connectivity index (χ0v) is 15.1. The van der Waals surface area contributed by atoms with Crippen molar-refractivity contribution in [2.75, 3.05) is 13.2 Å². The third kappa shape index (κ3) is 6.03. The maximum Gasteiger partial charge on any atom is 0.343 e. The molecule has 0 radical (unpaired) electrons. The molecule has 27 heavy (non-hydrogen) atoms. The minimum Gasteiger partial charge on any atom is -0.494 e. The van der Waals surface area contributed by atoms with Crippen molar-refractivity contribution in [3.63, 3.8) is 0 Å². The van der Waals surface area contributed by atoms with Gasteiger partial charge >= 0.3 is 12.0 Å². The first-order valence-corrected chi connectivity index (χ1v) is 8.33. The quantitative estimate of drug-likeness (QED) is 0.321. The van der Waals surface area contributed by atoms with Gasteiger partial charge in [0.05, 0.1) is 25.0 Å². The van der Waals surface area contributed by atoms with Crippen LogP contribution in [0.25, 0.3) is 0 Å². The van der Waals surface area contributed by atoms with Crippen LogP contribution in [0.3, 0.4) is 0 Å². The smallest absolute Gasteiger partial charge is 0.343 e. The summed E-state index contributed by atoms with van der Waals surface area (Å²) < 4.78 is 16.3. The molecule has 142 valence electrons. The molecule has 0 unspecified atom stereocenters. The van der Waals surface area contributed by atoms with Gasteiger partial charge in [0.2, 0.25) is 0 Å². The van der Waals surface area contributed by atoms with E-state index in [0.29, 0.717) is 35.8 Å². The summed E-state index contributed by atoms with van der Waals surface area (Å²) >= 11 is 0. The maximum atomic E-state index is 12.4. The molecule has 0 aliphatic heterocycles. The second-order valence-electron chi connectivity index (χ2n) is 5.22. The predicted molar refractivity (Wildman–Crippen MR) is 100 cm³/mol. The number of carbonyl (C=O) groups excluding carboxylic acids is 2. The summed E-state index contributed by atoms with van der Waals surface area (Å²) in [6.45, 7) is 4.63. The molecule has 2 rings (SSSR count). The number of amides is 2. The van der Waals surface area contributed by atoms with Crippen molar-refractivity contribution in [3.05, 3.63) is 53.6 Å². The van der Waals surface area contributed by atoms with E-state index < -0.39 is 12.0 Å². The minimum atomic E-state index is -0.766. The molecular weight excluding hydrogens is 350 g/mol. The van der Waals surface area contributed by atoms with Gasteiger partial charge in [-0.3, -0.25) is 0 Å². The van der Waals surface area contributed by atoms with Crippen LogP contribution in [0.2, 0.25) is 0 Å². The molecule has 0 aliphatic rings. The lowest BCUT2D eigenvalue weighted by atomic mass is 10.2. The van der Waals surface area contributed by atoms with Crippen molar-refractivity contribution in [1.29, 1.82) is 0 Å². The number of ether oxygens (including phenoxy) is 3. The van der Waals surface area contributed by atoms with Crippen molar-refractivity contribution >= 4 is 18.2 Å². The van der Waals surface area contributed by atoms with Crippen LogP contribution in [0.15, 0.2) is 47.6 Å². The van der Waals surface area contributed by atoms with Crippen LogP contribution in [0.1, 0.15) is 29.8 Å². The summed E-state index contributed by atoms with van der Waals surface area (Å²) in [5.74, 6) is 0.809. The molecule has 2 aromatic carbocycles. The van der Waals surface area contributed by atoms with Gasteiger partial charge < -0.3 is 19.9 Å². The number of primary amides is 1. The SMILES string of the molecule is CCOc1ccc(C(=O)Oc2ccc(/C=N\NC(N)=O)cc2OCC)cc1. The van der Waals surface area contributed by atoms with Crippen LogP contribution in [-0.4, -0.2) is 31.4 Å². The lowest BCUT2D eigenvalue weighted by Crippen LogP contribution is -2.24. The lowest BCUT2D eigenvalue weighted by Gasteiger charge is -2.11. The highest BCUT2D eigenvalue weighted by molar-refractivity contribution is 5.91. The van der Waals surface area contributed by atoms with Crippen molar-refractivity contribution < 1.29 is 23.8 Å². The molecule has 0 saturated carbocycles. The third-order valence-electron chi connectivity index (χ3n) is 3.26. The number of hydrogen-bond acceptors (Lipinski definition) is 6. The second kappa shape index (κ2) is 9.81. The maximum absolute atomic E-state index is 12.4. The van der Waals surface area contributed by atoms with Gasteiger partial charge in [-0.2, -0.15) is 5.10 Å². The number of benzene rings is 2. The molecule has 0 fully saturated rings. The molecule has 3 N–H and O–H groups in total. The zero-order chi connectivity index (χ0) is 19.6. The summed E-state index contributed by atoms with van der Waals surface area (Å²) in [6.07, 6.45) is 1.39.